The molecule has 2 N–H and O–H groups in total. The monoisotopic (exact) mass is 263 g/mol. The predicted octanol–water partition coefficient (Wildman–Crippen LogP) is 1.48. The highest BCUT2D eigenvalue weighted by molar-refractivity contribution is 7.92. The fourth-order valence-electron chi connectivity index (χ4n) is 2.70. The van der Waals surface area contributed by atoms with Crippen LogP contribution in [0.3, 0.4) is 0 Å². The van der Waals surface area contributed by atoms with Gasteiger partial charge in [-0.05, 0) is 54.0 Å². The molecule has 1 rings (SSSR count). The quantitative estimate of drug-likeness (QED) is 0.834. The van der Waals surface area contributed by atoms with E-state index >= 15 is 0 Å². The number of hydrogen-bond donors (Lipinski definition) is 1. The van der Waals surface area contributed by atoms with E-state index in [4.69, 9.17) is 10.5 Å². The minimum Gasteiger partial charge on any atom is -0.368 e. The van der Waals surface area contributed by atoms with Gasteiger partial charge in [0.15, 0.2) is 9.84 Å². The lowest BCUT2D eigenvalue weighted by molar-refractivity contribution is -0.0635. The number of hydrogen-bond acceptors (Lipinski definition) is 4. The van der Waals surface area contributed by atoms with Gasteiger partial charge in [-0.2, -0.15) is 0 Å². The summed E-state index contributed by atoms with van der Waals surface area (Å²) in [6, 6.07) is 0. The maximum atomic E-state index is 12.5. The largest absolute Gasteiger partial charge is 0.368 e. The summed E-state index contributed by atoms with van der Waals surface area (Å²) in [5, 5.41) is -0.833. The van der Waals surface area contributed by atoms with Gasteiger partial charge in [0.25, 0.3) is 0 Å². The van der Waals surface area contributed by atoms with Crippen molar-refractivity contribution in [3.05, 3.63) is 0 Å². The van der Waals surface area contributed by atoms with E-state index in [9.17, 15) is 8.42 Å². The maximum Gasteiger partial charge on any atom is 0.158 e. The fourth-order valence-corrected chi connectivity index (χ4v) is 5.20. The Morgan fingerprint density at radius 1 is 1.35 bits per heavy atom. The highest BCUT2D eigenvalue weighted by Crippen LogP contribution is 2.42. The Labute approximate surface area is 105 Å². The summed E-state index contributed by atoms with van der Waals surface area (Å²) in [5.74, 6) is 0. The molecule has 0 aromatic heterocycles. The third-order valence-corrected chi connectivity index (χ3v) is 6.41. The number of rotatable bonds is 4. The van der Waals surface area contributed by atoms with Gasteiger partial charge in [-0.15, -0.1) is 0 Å². The first kappa shape index (κ1) is 14.9. The molecule has 0 bridgehead atoms. The van der Waals surface area contributed by atoms with Crippen LogP contribution in [0, 0.1) is 0 Å². The van der Waals surface area contributed by atoms with Crippen LogP contribution in [0.5, 0.6) is 0 Å². The van der Waals surface area contributed by atoms with Crippen molar-refractivity contribution in [1.82, 2.24) is 0 Å². The van der Waals surface area contributed by atoms with Crippen LogP contribution in [0.25, 0.3) is 0 Å². The topological polar surface area (TPSA) is 69.4 Å². The Morgan fingerprint density at radius 2 is 1.88 bits per heavy atom. The molecule has 1 heterocycles. The Balaban J connectivity index is 3.00. The summed E-state index contributed by atoms with van der Waals surface area (Å²) < 4.78 is 30.8. The Bertz CT molecular complexity index is 373. The molecule has 2 unspecified atom stereocenters. The zero-order chi connectivity index (χ0) is 13.5. The molecule has 102 valence electrons. The first-order valence-electron chi connectivity index (χ1n) is 6.16. The average Bonchev–Trinajstić information content (AvgIpc) is 2.35. The lowest BCUT2D eigenvalue weighted by atomic mass is 10.0. The van der Waals surface area contributed by atoms with Crippen molar-refractivity contribution in [3.8, 4) is 0 Å². The molecule has 1 fully saturated rings. The molecular formula is C12H25NO3S. The van der Waals surface area contributed by atoms with E-state index in [1.807, 2.05) is 27.7 Å². The van der Waals surface area contributed by atoms with Crippen LogP contribution in [0.2, 0.25) is 0 Å². The van der Waals surface area contributed by atoms with Gasteiger partial charge in [-0.25, -0.2) is 8.42 Å². The van der Waals surface area contributed by atoms with E-state index in [1.165, 1.54) is 0 Å². The molecule has 17 heavy (non-hydrogen) atoms. The van der Waals surface area contributed by atoms with E-state index in [0.29, 0.717) is 19.4 Å². The molecule has 1 aliphatic rings. The molecule has 0 amide bonds. The SMILES string of the molecule is CC(CCN)S(=O)(=O)C1CC(C)(C)OC1(C)C. The summed E-state index contributed by atoms with van der Waals surface area (Å²) in [6.07, 6.45) is 1.06. The van der Waals surface area contributed by atoms with E-state index < -0.39 is 25.9 Å². The standard InChI is InChI=1S/C12H25NO3S/c1-9(6-7-13)17(14,15)10-8-11(2,3)16-12(10,4)5/h9-10H,6-8,13H2,1-5H3. The van der Waals surface area contributed by atoms with Crippen molar-refractivity contribution in [2.45, 2.75) is 69.2 Å². The van der Waals surface area contributed by atoms with E-state index in [-0.39, 0.29) is 5.60 Å². The van der Waals surface area contributed by atoms with Gasteiger partial charge in [-0.3, -0.25) is 0 Å². The van der Waals surface area contributed by atoms with Crippen molar-refractivity contribution < 1.29 is 13.2 Å². The lowest BCUT2D eigenvalue weighted by Gasteiger charge is -2.28. The second kappa shape index (κ2) is 4.52. The van der Waals surface area contributed by atoms with Crippen molar-refractivity contribution in [2.24, 2.45) is 5.73 Å². The van der Waals surface area contributed by atoms with Gasteiger partial charge in [0.05, 0.1) is 21.7 Å². The fraction of sp³-hybridized carbons (Fsp3) is 1.00. The molecular weight excluding hydrogens is 238 g/mol. The predicted molar refractivity (Wildman–Crippen MR) is 69.7 cm³/mol. The van der Waals surface area contributed by atoms with Crippen molar-refractivity contribution in [2.75, 3.05) is 6.54 Å². The zero-order valence-electron chi connectivity index (χ0n) is 11.5. The van der Waals surface area contributed by atoms with Crippen LogP contribution in [0.1, 0.15) is 47.5 Å². The Morgan fingerprint density at radius 3 is 2.24 bits per heavy atom. The second-order valence-corrected chi connectivity index (χ2v) is 8.69. The molecule has 4 nitrogen and oxygen atoms in total. The number of nitrogens with two attached hydrogens (primary N) is 1. The number of sulfone groups is 1. The average molecular weight is 263 g/mol. The molecule has 1 aliphatic heterocycles. The Hall–Kier alpha value is -0.130. The van der Waals surface area contributed by atoms with Crippen LogP contribution in [-0.4, -0.2) is 36.7 Å². The van der Waals surface area contributed by atoms with Gasteiger partial charge in [-0.1, -0.05) is 0 Å². The normalized spacial score (nSPS) is 29.2. The van der Waals surface area contributed by atoms with Gasteiger partial charge >= 0.3 is 0 Å². The smallest absolute Gasteiger partial charge is 0.158 e. The van der Waals surface area contributed by atoms with Crippen molar-refractivity contribution in [1.29, 1.82) is 0 Å². The molecule has 0 spiro atoms. The lowest BCUT2D eigenvalue weighted by Crippen LogP contribution is -2.42. The van der Waals surface area contributed by atoms with Crippen LogP contribution >= 0.6 is 0 Å². The minimum atomic E-state index is -3.18. The van der Waals surface area contributed by atoms with Gasteiger partial charge in [0, 0.05) is 0 Å². The molecule has 0 radical (unpaired) electrons. The van der Waals surface area contributed by atoms with Crippen molar-refractivity contribution in [3.63, 3.8) is 0 Å². The maximum absolute atomic E-state index is 12.5. The van der Waals surface area contributed by atoms with Crippen molar-refractivity contribution >= 4 is 9.84 Å². The minimum absolute atomic E-state index is 0.371. The van der Waals surface area contributed by atoms with Crippen LogP contribution in [0.15, 0.2) is 0 Å². The molecule has 1 saturated heterocycles. The van der Waals surface area contributed by atoms with Crippen LogP contribution in [0.4, 0.5) is 0 Å². The first-order chi connectivity index (χ1) is 7.53. The van der Waals surface area contributed by atoms with E-state index in [2.05, 4.69) is 0 Å². The molecule has 0 aliphatic carbocycles. The van der Waals surface area contributed by atoms with Crippen LogP contribution < -0.4 is 5.73 Å². The second-order valence-electron chi connectivity index (χ2n) is 6.13. The van der Waals surface area contributed by atoms with Gasteiger partial charge < -0.3 is 10.5 Å². The van der Waals surface area contributed by atoms with Gasteiger partial charge in [0.1, 0.15) is 0 Å². The molecule has 0 aromatic carbocycles. The molecule has 5 heteroatoms. The summed E-state index contributed by atoms with van der Waals surface area (Å²) >= 11 is 0. The third-order valence-electron chi connectivity index (χ3n) is 3.52. The third kappa shape index (κ3) is 3.01. The summed E-state index contributed by atoms with van der Waals surface area (Å²) in [4.78, 5) is 0. The summed E-state index contributed by atoms with van der Waals surface area (Å²) in [7, 11) is -3.18. The van der Waals surface area contributed by atoms with Crippen LogP contribution in [-0.2, 0) is 14.6 Å². The molecule has 0 saturated carbocycles. The van der Waals surface area contributed by atoms with Gasteiger partial charge in [0.2, 0.25) is 0 Å². The zero-order valence-corrected chi connectivity index (χ0v) is 12.3. The summed E-state index contributed by atoms with van der Waals surface area (Å²) in [5.41, 5.74) is 4.46. The summed E-state index contributed by atoms with van der Waals surface area (Å²) in [6.45, 7) is 9.75. The molecule has 2 atom stereocenters. The molecule has 0 aromatic rings. The Kier molecular flexibility index (Phi) is 3.97. The number of ether oxygens (including phenoxy) is 1. The highest BCUT2D eigenvalue weighted by Gasteiger charge is 2.52. The van der Waals surface area contributed by atoms with E-state index in [1.54, 1.807) is 6.92 Å². The first-order valence-corrected chi connectivity index (χ1v) is 7.77. The highest BCUT2D eigenvalue weighted by atomic mass is 32.2. The van der Waals surface area contributed by atoms with E-state index in [0.717, 1.165) is 0 Å².